The summed E-state index contributed by atoms with van der Waals surface area (Å²) >= 11 is 0. The number of hydrogen-bond donors (Lipinski definition) is 0. The lowest BCUT2D eigenvalue weighted by atomic mass is 9.81. The number of piperazine rings is 1. The van der Waals surface area contributed by atoms with Crippen LogP contribution in [0.4, 0.5) is 14.9 Å². The van der Waals surface area contributed by atoms with Crippen molar-refractivity contribution in [2.45, 2.75) is 33.6 Å². The van der Waals surface area contributed by atoms with E-state index in [4.69, 9.17) is 0 Å². The Morgan fingerprint density at radius 1 is 1.09 bits per heavy atom. The van der Waals surface area contributed by atoms with Crippen LogP contribution in [0.25, 0.3) is 10.9 Å². The van der Waals surface area contributed by atoms with E-state index < -0.39 is 5.41 Å². The number of rotatable bonds is 4. The van der Waals surface area contributed by atoms with Gasteiger partial charge in [0.15, 0.2) is 0 Å². The maximum absolute atomic E-state index is 14.3. The van der Waals surface area contributed by atoms with E-state index in [-0.39, 0.29) is 17.8 Å². The zero-order valence-corrected chi connectivity index (χ0v) is 20.8. The third kappa shape index (κ3) is 4.88. The predicted octanol–water partition coefficient (Wildman–Crippen LogP) is 3.72. The van der Waals surface area contributed by atoms with Crippen molar-refractivity contribution in [3.8, 4) is 6.07 Å². The summed E-state index contributed by atoms with van der Waals surface area (Å²) in [5.41, 5.74) is 1.34. The normalized spacial score (nSPS) is 17.9. The third-order valence-electron chi connectivity index (χ3n) is 7.36. The number of amides is 3. The van der Waals surface area contributed by atoms with Gasteiger partial charge in [0.05, 0.1) is 28.3 Å². The number of benzene rings is 1. The number of pyridine rings is 1. The fraction of sp³-hybridized carbons (Fsp3) is 0.538. The molecule has 4 rings (SSSR count). The van der Waals surface area contributed by atoms with Crippen molar-refractivity contribution in [1.82, 2.24) is 19.7 Å². The van der Waals surface area contributed by atoms with E-state index in [1.807, 2.05) is 20.8 Å². The van der Waals surface area contributed by atoms with Crippen LogP contribution in [0.1, 0.15) is 44.0 Å². The predicted molar refractivity (Wildman–Crippen MR) is 133 cm³/mol. The van der Waals surface area contributed by atoms with Crippen molar-refractivity contribution in [1.29, 1.82) is 5.26 Å². The molecule has 9 heteroatoms. The lowest BCUT2D eigenvalue weighted by Crippen LogP contribution is -2.54. The Labute approximate surface area is 205 Å². The molecule has 2 saturated heterocycles. The fourth-order valence-corrected chi connectivity index (χ4v) is 4.95. The lowest BCUT2D eigenvalue weighted by Gasteiger charge is -2.39. The van der Waals surface area contributed by atoms with Gasteiger partial charge in [-0.05, 0) is 51.8 Å². The molecule has 2 fully saturated rings. The van der Waals surface area contributed by atoms with Gasteiger partial charge in [-0.15, -0.1) is 0 Å². The number of fused-ring (bicyclic) bond motifs is 1. The van der Waals surface area contributed by atoms with E-state index in [1.54, 1.807) is 27.0 Å². The summed E-state index contributed by atoms with van der Waals surface area (Å²) in [7, 11) is 0. The van der Waals surface area contributed by atoms with Gasteiger partial charge >= 0.3 is 6.03 Å². The molecular formula is C26H33FN6O2. The van der Waals surface area contributed by atoms with Gasteiger partial charge in [-0.3, -0.25) is 9.78 Å². The molecule has 186 valence electrons. The van der Waals surface area contributed by atoms with E-state index in [0.29, 0.717) is 87.4 Å². The van der Waals surface area contributed by atoms with Crippen LogP contribution in [0.15, 0.2) is 24.4 Å². The Bertz CT molecular complexity index is 1140. The molecule has 2 aromatic rings. The molecule has 3 heterocycles. The van der Waals surface area contributed by atoms with Crippen LogP contribution in [-0.2, 0) is 0 Å². The van der Waals surface area contributed by atoms with Crippen LogP contribution >= 0.6 is 0 Å². The summed E-state index contributed by atoms with van der Waals surface area (Å²) < 4.78 is 14.3. The minimum atomic E-state index is -0.400. The van der Waals surface area contributed by atoms with E-state index in [2.05, 4.69) is 16.0 Å². The van der Waals surface area contributed by atoms with Gasteiger partial charge in [0.1, 0.15) is 5.82 Å². The molecule has 0 bridgehead atoms. The first-order valence-corrected chi connectivity index (χ1v) is 12.4. The highest BCUT2D eigenvalue weighted by molar-refractivity contribution is 6.07. The number of halogens is 1. The van der Waals surface area contributed by atoms with Gasteiger partial charge in [0.2, 0.25) is 0 Å². The summed E-state index contributed by atoms with van der Waals surface area (Å²) in [6.45, 7) is 10.2. The second kappa shape index (κ2) is 10.1. The van der Waals surface area contributed by atoms with Crippen molar-refractivity contribution in [3.05, 3.63) is 35.8 Å². The SMILES string of the molecule is CCN(CC)C(=O)N1CCN(C(=O)c2cnc3ccc(F)cc3c2N2CCC(C)(C#N)CC2)CC1. The quantitative estimate of drug-likeness (QED) is 0.666. The summed E-state index contributed by atoms with van der Waals surface area (Å²) in [5, 5.41) is 10.1. The fourth-order valence-electron chi connectivity index (χ4n) is 4.95. The Kier molecular flexibility index (Phi) is 7.10. The topological polar surface area (TPSA) is 83.8 Å². The highest BCUT2D eigenvalue weighted by Gasteiger charge is 2.34. The van der Waals surface area contributed by atoms with Gasteiger partial charge < -0.3 is 19.6 Å². The average molecular weight is 481 g/mol. The molecule has 2 aliphatic heterocycles. The largest absolute Gasteiger partial charge is 0.370 e. The van der Waals surface area contributed by atoms with E-state index in [9.17, 15) is 19.2 Å². The number of hydrogen-bond acceptors (Lipinski definition) is 5. The first-order valence-electron chi connectivity index (χ1n) is 12.4. The molecule has 0 aliphatic carbocycles. The number of nitrogens with zero attached hydrogens (tertiary/aromatic N) is 6. The number of anilines is 1. The zero-order valence-electron chi connectivity index (χ0n) is 20.8. The van der Waals surface area contributed by atoms with E-state index in [0.717, 1.165) is 0 Å². The standard InChI is InChI=1S/C26H33FN6O2/c1-4-30(5-2)25(35)33-14-12-32(13-15-33)24(34)21-17-29-22-7-6-19(27)16-20(22)23(21)31-10-8-26(3,18-28)9-11-31/h6-7,16-17H,4-5,8-15H2,1-3H3. The van der Waals surface area contributed by atoms with Crippen LogP contribution in [0.5, 0.6) is 0 Å². The minimum absolute atomic E-state index is 0.000469. The van der Waals surface area contributed by atoms with Crippen molar-refractivity contribution >= 4 is 28.5 Å². The molecule has 0 N–H and O–H groups in total. The number of aromatic nitrogens is 1. The summed E-state index contributed by atoms with van der Waals surface area (Å²) in [5.74, 6) is -0.547. The second-order valence-electron chi connectivity index (χ2n) is 9.58. The molecule has 2 aliphatic rings. The molecule has 0 radical (unpaired) electrons. The van der Waals surface area contributed by atoms with Crippen LogP contribution in [-0.4, -0.2) is 84.0 Å². The molecule has 1 aromatic heterocycles. The highest BCUT2D eigenvalue weighted by Crippen LogP contribution is 2.37. The molecule has 0 saturated carbocycles. The summed E-state index contributed by atoms with van der Waals surface area (Å²) in [4.78, 5) is 38.3. The van der Waals surface area contributed by atoms with Crippen molar-refractivity contribution in [2.75, 3.05) is 57.3 Å². The number of urea groups is 1. The van der Waals surface area contributed by atoms with Crippen molar-refractivity contribution in [2.24, 2.45) is 5.41 Å². The maximum atomic E-state index is 14.3. The monoisotopic (exact) mass is 480 g/mol. The summed E-state index contributed by atoms with van der Waals surface area (Å²) in [6, 6.07) is 6.84. The Hall–Kier alpha value is -3.41. The van der Waals surface area contributed by atoms with Gasteiger partial charge in [-0.1, -0.05) is 0 Å². The molecule has 0 atom stereocenters. The third-order valence-corrected chi connectivity index (χ3v) is 7.36. The smallest absolute Gasteiger partial charge is 0.320 e. The number of carbonyl (C=O) groups is 2. The maximum Gasteiger partial charge on any atom is 0.320 e. The number of nitriles is 1. The number of carbonyl (C=O) groups excluding carboxylic acids is 2. The molecule has 35 heavy (non-hydrogen) atoms. The van der Waals surface area contributed by atoms with E-state index in [1.165, 1.54) is 12.1 Å². The van der Waals surface area contributed by atoms with E-state index >= 15 is 0 Å². The van der Waals surface area contributed by atoms with Crippen LogP contribution in [0.2, 0.25) is 0 Å². The van der Waals surface area contributed by atoms with Gasteiger partial charge in [-0.25, -0.2) is 9.18 Å². The highest BCUT2D eigenvalue weighted by atomic mass is 19.1. The van der Waals surface area contributed by atoms with Gasteiger partial charge in [0.25, 0.3) is 5.91 Å². The Morgan fingerprint density at radius 3 is 2.31 bits per heavy atom. The number of piperidine rings is 1. The van der Waals surface area contributed by atoms with Crippen LogP contribution in [0, 0.1) is 22.6 Å². The molecule has 3 amide bonds. The summed E-state index contributed by atoms with van der Waals surface area (Å²) in [6.07, 6.45) is 2.92. The molecule has 0 spiro atoms. The van der Waals surface area contributed by atoms with Crippen molar-refractivity contribution in [3.63, 3.8) is 0 Å². The van der Waals surface area contributed by atoms with Gasteiger partial charge in [-0.2, -0.15) is 5.26 Å². The van der Waals surface area contributed by atoms with Crippen LogP contribution < -0.4 is 4.90 Å². The Morgan fingerprint density at radius 2 is 1.71 bits per heavy atom. The Balaban J connectivity index is 1.61. The lowest BCUT2D eigenvalue weighted by molar-refractivity contribution is 0.0641. The van der Waals surface area contributed by atoms with Crippen molar-refractivity contribution < 1.29 is 14.0 Å². The second-order valence-corrected chi connectivity index (χ2v) is 9.58. The molecule has 1 aromatic carbocycles. The zero-order chi connectivity index (χ0) is 25.2. The molecule has 0 unspecified atom stereocenters. The molecular weight excluding hydrogens is 447 g/mol. The molecule has 8 nitrogen and oxygen atoms in total. The average Bonchev–Trinajstić information content (AvgIpc) is 2.89. The minimum Gasteiger partial charge on any atom is -0.370 e. The van der Waals surface area contributed by atoms with Crippen LogP contribution in [0.3, 0.4) is 0 Å². The first-order chi connectivity index (χ1) is 16.8. The van der Waals surface area contributed by atoms with Gasteiger partial charge in [0, 0.05) is 63.9 Å². The first kappa shape index (κ1) is 24.7.